The van der Waals surface area contributed by atoms with E-state index in [2.05, 4.69) is 77.8 Å². The first kappa shape index (κ1) is 13.3. The summed E-state index contributed by atoms with van der Waals surface area (Å²) >= 11 is 0. The Morgan fingerprint density at radius 3 is 2.35 bits per heavy atom. The minimum atomic E-state index is 0.0648. The number of nitrogens with zero attached hydrogens (tertiary/aromatic N) is 1. The smallest absolute Gasteiger partial charge is 0.0561 e. The lowest BCUT2D eigenvalue weighted by Gasteiger charge is -2.45. The molecule has 1 heterocycles. The molecule has 1 aliphatic rings. The van der Waals surface area contributed by atoms with Gasteiger partial charge in [0, 0.05) is 26.2 Å². The predicted octanol–water partition coefficient (Wildman–Crippen LogP) is 3.01. The van der Waals surface area contributed by atoms with Crippen molar-refractivity contribution < 1.29 is 0 Å². The third-order valence-electron chi connectivity index (χ3n) is 4.34. The van der Waals surface area contributed by atoms with Crippen LogP contribution in [0.15, 0.2) is 60.7 Å². The Bertz CT molecular complexity index is 538. The van der Waals surface area contributed by atoms with Crippen molar-refractivity contribution in [1.29, 1.82) is 0 Å². The van der Waals surface area contributed by atoms with E-state index in [0.29, 0.717) is 0 Å². The number of nitrogens with one attached hydrogen (secondary N) is 1. The van der Waals surface area contributed by atoms with Crippen LogP contribution in [-0.4, -0.2) is 24.5 Å². The number of hydrogen-bond donors (Lipinski definition) is 1. The highest BCUT2D eigenvalue weighted by Crippen LogP contribution is 2.30. The van der Waals surface area contributed by atoms with Crippen molar-refractivity contribution in [2.24, 2.45) is 0 Å². The van der Waals surface area contributed by atoms with Crippen molar-refractivity contribution in [1.82, 2.24) is 10.2 Å². The normalized spacial score (nSPS) is 23.6. The lowest BCUT2D eigenvalue weighted by atomic mass is 9.88. The van der Waals surface area contributed by atoms with Gasteiger partial charge < -0.3 is 5.32 Å². The average molecular weight is 266 g/mol. The van der Waals surface area contributed by atoms with Crippen molar-refractivity contribution in [3.8, 4) is 0 Å². The van der Waals surface area contributed by atoms with Crippen LogP contribution in [0.1, 0.15) is 18.1 Å². The summed E-state index contributed by atoms with van der Waals surface area (Å²) in [5, 5.41) is 3.55. The zero-order valence-corrected chi connectivity index (χ0v) is 12.0. The van der Waals surface area contributed by atoms with Crippen LogP contribution < -0.4 is 5.32 Å². The van der Waals surface area contributed by atoms with E-state index in [1.54, 1.807) is 0 Å². The highest BCUT2D eigenvalue weighted by atomic mass is 15.3. The number of rotatable bonds is 3. The molecule has 3 rings (SSSR count). The van der Waals surface area contributed by atoms with Gasteiger partial charge in [0.2, 0.25) is 0 Å². The molecule has 0 aromatic heterocycles. The molecule has 1 unspecified atom stereocenters. The van der Waals surface area contributed by atoms with Gasteiger partial charge in [-0.1, -0.05) is 60.7 Å². The summed E-state index contributed by atoms with van der Waals surface area (Å²) in [5.74, 6) is 0. The Morgan fingerprint density at radius 1 is 1.00 bits per heavy atom. The first-order chi connectivity index (χ1) is 9.79. The Labute approximate surface area is 121 Å². The summed E-state index contributed by atoms with van der Waals surface area (Å²) in [6.45, 7) is 6.50. The van der Waals surface area contributed by atoms with E-state index in [1.165, 1.54) is 11.1 Å². The molecule has 0 spiro atoms. The molecule has 0 radical (unpaired) electrons. The maximum absolute atomic E-state index is 3.55. The molecule has 0 saturated carbocycles. The van der Waals surface area contributed by atoms with Crippen LogP contribution in [0.4, 0.5) is 0 Å². The van der Waals surface area contributed by atoms with E-state index in [1.807, 2.05) is 0 Å². The maximum atomic E-state index is 3.55. The molecule has 2 aromatic carbocycles. The van der Waals surface area contributed by atoms with E-state index in [-0.39, 0.29) is 5.54 Å². The third-order valence-corrected chi connectivity index (χ3v) is 4.34. The average Bonchev–Trinajstić information content (AvgIpc) is 2.52. The van der Waals surface area contributed by atoms with E-state index in [9.17, 15) is 0 Å². The first-order valence-corrected chi connectivity index (χ1v) is 7.34. The molecular formula is C18H22N2. The molecule has 20 heavy (non-hydrogen) atoms. The molecule has 2 heteroatoms. The Morgan fingerprint density at radius 2 is 1.65 bits per heavy atom. The van der Waals surface area contributed by atoms with Gasteiger partial charge >= 0.3 is 0 Å². The molecule has 1 N–H and O–H groups in total. The molecule has 1 atom stereocenters. The molecule has 1 saturated heterocycles. The number of hydrogen-bond acceptors (Lipinski definition) is 2. The van der Waals surface area contributed by atoms with Crippen molar-refractivity contribution >= 4 is 0 Å². The molecule has 1 aliphatic heterocycles. The van der Waals surface area contributed by atoms with Crippen molar-refractivity contribution in [2.45, 2.75) is 19.0 Å². The van der Waals surface area contributed by atoms with Gasteiger partial charge in [-0.05, 0) is 18.1 Å². The van der Waals surface area contributed by atoms with E-state index in [0.717, 1.165) is 26.2 Å². The fraction of sp³-hybridized carbons (Fsp3) is 0.333. The third kappa shape index (κ3) is 2.62. The van der Waals surface area contributed by atoms with Crippen LogP contribution in [0.3, 0.4) is 0 Å². The molecule has 2 nitrogen and oxygen atoms in total. The van der Waals surface area contributed by atoms with E-state index < -0.39 is 0 Å². The van der Waals surface area contributed by atoms with Gasteiger partial charge in [0.1, 0.15) is 0 Å². The molecule has 0 aliphatic carbocycles. The molecule has 0 amide bonds. The summed E-state index contributed by atoms with van der Waals surface area (Å²) in [7, 11) is 0. The quantitative estimate of drug-likeness (QED) is 0.918. The molecule has 0 bridgehead atoms. The summed E-state index contributed by atoms with van der Waals surface area (Å²) < 4.78 is 0. The zero-order chi connectivity index (χ0) is 13.8. The Hall–Kier alpha value is -1.64. The summed E-state index contributed by atoms with van der Waals surface area (Å²) in [6, 6.07) is 21.6. The van der Waals surface area contributed by atoms with Crippen molar-refractivity contribution in [2.75, 3.05) is 19.6 Å². The van der Waals surface area contributed by atoms with Gasteiger partial charge in [-0.2, -0.15) is 0 Å². The van der Waals surface area contributed by atoms with E-state index >= 15 is 0 Å². The van der Waals surface area contributed by atoms with Gasteiger partial charge in [0.25, 0.3) is 0 Å². The second kappa shape index (κ2) is 5.78. The van der Waals surface area contributed by atoms with Gasteiger partial charge in [0.05, 0.1) is 5.54 Å². The monoisotopic (exact) mass is 266 g/mol. The van der Waals surface area contributed by atoms with Gasteiger partial charge in [-0.25, -0.2) is 0 Å². The summed E-state index contributed by atoms with van der Waals surface area (Å²) in [5.41, 5.74) is 2.84. The standard InChI is InChI=1S/C18H22N2/c1-18(17-10-6-3-7-11-17)15-19-12-13-20(18)14-16-8-4-2-5-9-16/h2-11,19H,12-15H2,1H3. The SMILES string of the molecule is CC1(c2ccccc2)CNCCN1Cc1ccccc1. The van der Waals surface area contributed by atoms with Gasteiger partial charge in [0.15, 0.2) is 0 Å². The lowest BCUT2D eigenvalue weighted by molar-refractivity contribution is 0.0650. The molecule has 104 valence electrons. The molecule has 2 aromatic rings. The van der Waals surface area contributed by atoms with E-state index in [4.69, 9.17) is 0 Å². The van der Waals surface area contributed by atoms with Crippen molar-refractivity contribution in [3.05, 3.63) is 71.8 Å². The van der Waals surface area contributed by atoms with Crippen molar-refractivity contribution in [3.63, 3.8) is 0 Å². The largest absolute Gasteiger partial charge is 0.313 e. The topological polar surface area (TPSA) is 15.3 Å². The zero-order valence-electron chi connectivity index (χ0n) is 12.0. The van der Waals surface area contributed by atoms with Crippen LogP contribution in [-0.2, 0) is 12.1 Å². The minimum Gasteiger partial charge on any atom is -0.313 e. The Balaban J connectivity index is 1.87. The fourth-order valence-corrected chi connectivity index (χ4v) is 3.04. The predicted molar refractivity (Wildman–Crippen MR) is 83.5 cm³/mol. The van der Waals surface area contributed by atoms with Gasteiger partial charge in [-0.15, -0.1) is 0 Å². The Kier molecular flexibility index (Phi) is 3.86. The summed E-state index contributed by atoms with van der Waals surface area (Å²) in [4.78, 5) is 2.59. The highest BCUT2D eigenvalue weighted by Gasteiger charge is 2.35. The summed E-state index contributed by atoms with van der Waals surface area (Å²) in [6.07, 6.45) is 0. The maximum Gasteiger partial charge on any atom is 0.0561 e. The molecular weight excluding hydrogens is 244 g/mol. The van der Waals surface area contributed by atoms with Crippen LogP contribution >= 0.6 is 0 Å². The van der Waals surface area contributed by atoms with Gasteiger partial charge in [-0.3, -0.25) is 4.90 Å². The lowest BCUT2D eigenvalue weighted by Crippen LogP contribution is -2.56. The highest BCUT2D eigenvalue weighted by molar-refractivity contribution is 5.26. The van der Waals surface area contributed by atoms with Crippen LogP contribution in [0.5, 0.6) is 0 Å². The second-order valence-electron chi connectivity index (χ2n) is 5.72. The fourth-order valence-electron chi connectivity index (χ4n) is 3.04. The molecule has 1 fully saturated rings. The van der Waals surface area contributed by atoms with Crippen LogP contribution in [0.25, 0.3) is 0 Å². The second-order valence-corrected chi connectivity index (χ2v) is 5.72. The number of benzene rings is 2. The first-order valence-electron chi connectivity index (χ1n) is 7.34. The number of piperazine rings is 1. The van der Waals surface area contributed by atoms with Crippen LogP contribution in [0, 0.1) is 0 Å². The minimum absolute atomic E-state index is 0.0648. The van der Waals surface area contributed by atoms with Crippen LogP contribution in [0.2, 0.25) is 0 Å².